The number of hydrogen-bond donors (Lipinski definition) is 1. The molecular weight excluding hydrogens is 328 g/mol. The van der Waals surface area contributed by atoms with E-state index in [2.05, 4.69) is 31.1 Å². The third kappa shape index (κ3) is 2.44. The molecule has 0 aliphatic carbocycles. The normalized spacial score (nSPS) is 19.6. The standard InChI is InChI=1S/C12H13BrN4OS/c13-8-7-15-16-10(8)12(18)17-5-2-1-3-9(17)11-14-4-6-19-11/h4,6-7,9H,1-3,5H2,(H,15,16). The van der Waals surface area contributed by atoms with Crippen molar-refractivity contribution in [3.05, 3.63) is 32.9 Å². The van der Waals surface area contributed by atoms with Crippen LogP contribution in [-0.4, -0.2) is 32.5 Å². The van der Waals surface area contributed by atoms with Gasteiger partial charge in [0.05, 0.1) is 16.7 Å². The first kappa shape index (κ1) is 12.8. The van der Waals surface area contributed by atoms with Crippen LogP contribution in [0.2, 0.25) is 0 Å². The largest absolute Gasteiger partial charge is 0.328 e. The van der Waals surface area contributed by atoms with Crippen molar-refractivity contribution in [2.45, 2.75) is 25.3 Å². The van der Waals surface area contributed by atoms with Crippen LogP contribution >= 0.6 is 27.3 Å². The van der Waals surface area contributed by atoms with Gasteiger partial charge in [0.25, 0.3) is 5.91 Å². The van der Waals surface area contributed by atoms with Crippen LogP contribution in [0.25, 0.3) is 0 Å². The number of halogens is 1. The lowest BCUT2D eigenvalue weighted by atomic mass is 10.0. The average molecular weight is 341 g/mol. The summed E-state index contributed by atoms with van der Waals surface area (Å²) in [6.07, 6.45) is 6.56. The predicted octanol–water partition coefficient (Wildman–Crippen LogP) is 3.00. The number of aromatic nitrogens is 3. The van der Waals surface area contributed by atoms with Crippen molar-refractivity contribution >= 4 is 33.2 Å². The smallest absolute Gasteiger partial charge is 0.273 e. The third-order valence-corrected chi connectivity index (χ3v) is 4.79. The molecule has 1 saturated heterocycles. The summed E-state index contributed by atoms with van der Waals surface area (Å²) in [6, 6.07) is 0.0939. The number of aromatic amines is 1. The topological polar surface area (TPSA) is 61.9 Å². The molecule has 2 aromatic rings. The minimum atomic E-state index is -0.00993. The van der Waals surface area contributed by atoms with Crippen molar-refractivity contribution in [2.75, 3.05) is 6.54 Å². The Kier molecular flexibility index (Phi) is 3.65. The van der Waals surface area contributed by atoms with Crippen LogP contribution in [-0.2, 0) is 0 Å². The molecule has 0 spiro atoms. The zero-order chi connectivity index (χ0) is 13.2. The van der Waals surface area contributed by atoms with Crippen molar-refractivity contribution in [1.82, 2.24) is 20.1 Å². The fourth-order valence-electron chi connectivity index (χ4n) is 2.40. The Hall–Kier alpha value is -1.21. The average Bonchev–Trinajstić information content (AvgIpc) is 3.09. The van der Waals surface area contributed by atoms with Crippen molar-refractivity contribution < 1.29 is 4.79 Å². The molecule has 0 aromatic carbocycles. The lowest BCUT2D eigenvalue weighted by molar-refractivity contribution is 0.0604. The number of carbonyl (C=O) groups excluding carboxylic acids is 1. The van der Waals surface area contributed by atoms with Crippen LogP contribution < -0.4 is 0 Å². The Morgan fingerprint density at radius 1 is 1.53 bits per heavy atom. The molecule has 3 heterocycles. The highest BCUT2D eigenvalue weighted by Crippen LogP contribution is 2.33. The summed E-state index contributed by atoms with van der Waals surface area (Å²) in [4.78, 5) is 18.9. The molecule has 1 aliphatic heterocycles. The van der Waals surface area contributed by atoms with Crippen LogP contribution in [0.15, 0.2) is 22.2 Å². The molecule has 3 rings (SSSR count). The van der Waals surface area contributed by atoms with Gasteiger partial charge in [-0.15, -0.1) is 11.3 Å². The molecular formula is C12H13BrN4OS. The molecule has 100 valence electrons. The van der Waals surface area contributed by atoms with Gasteiger partial charge >= 0.3 is 0 Å². The zero-order valence-corrected chi connectivity index (χ0v) is 12.6. The number of thiazole rings is 1. The van der Waals surface area contributed by atoms with E-state index in [1.165, 1.54) is 0 Å². The Morgan fingerprint density at radius 2 is 2.42 bits per heavy atom. The van der Waals surface area contributed by atoms with Crippen LogP contribution in [0.5, 0.6) is 0 Å². The maximum atomic E-state index is 12.6. The van der Waals surface area contributed by atoms with E-state index in [0.717, 1.165) is 30.8 Å². The molecule has 1 N–H and O–H groups in total. The summed E-state index contributed by atoms with van der Waals surface area (Å²) in [5.41, 5.74) is 0.517. The Balaban J connectivity index is 1.89. The first-order valence-electron chi connectivity index (χ1n) is 6.16. The quantitative estimate of drug-likeness (QED) is 0.913. The van der Waals surface area contributed by atoms with E-state index in [1.54, 1.807) is 23.7 Å². The van der Waals surface area contributed by atoms with Gasteiger partial charge in [-0.2, -0.15) is 5.10 Å². The molecule has 1 unspecified atom stereocenters. The van der Waals surface area contributed by atoms with Crippen LogP contribution in [0, 0.1) is 0 Å². The number of nitrogens with zero attached hydrogens (tertiary/aromatic N) is 3. The minimum Gasteiger partial charge on any atom is -0.328 e. The molecule has 1 aliphatic rings. The van der Waals surface area contributed by atoms with Gasteiger partial charge in [0, 0.05) is 18.1 Å². The van der Waals surface area contributed by atoms with E-state index < -0.39 is 0 Å². The van der Waals surface area contributed by atoms with Gasteiger partial charge in [-0.1, -0.05) is 0 Å². The summed E-state index contributed by atoms with van der Waals surface area (Å²) < 4.78 is 0.709. The number of amides is 1. The Labute approximate surface area is 123 Å². The highest BCUT2D eigenvalue weighted by atomic mass is 79.9. The molecule has 0 saturated carbocycles. The van der Waals surface area contributed by atoms with Gasteiger partial charge in [-0.3, -0.25) is 9.89 Å². The number of carbonyl (C=O) groups is 1. The summed E-state index contributed by atoms with van der Waals surface area (Å²) in [7, 11) is 0. The molecule has 2 aromatic heterocycles. The summed E-state index contributed by atoms with van der Waals surface area (Å²) >= 11 is 4.96. The van der Waals surface area contributed by atoms with Gasteiger partial charge in [0.15, 0.2) is 0 Å². The van der Waals surface area contributed by atoms with E-state index in [9.17, 15) is 4.79 Å². The molecule has 1 amide bonds. The summed E-state index contributed by atoms with van der Waals surface area (Å²) in [6.45, 7) is 0.772. The maximum absolute atomic E-state index is 12.6. The predicted molar refractivity (Wildman–Crippen MR) is 76.0 cm³/mol. The SMILES string of the molecule is O=C(c1[nH]ncc1Br)N1CCCCC1c1nccs1. The van der Waals surface area contributed by atoms with Crippen molar-refractivity contribution in [3.8, 4) is 0 Å². The van der Waals surface area contributed by atoms with Crippen LogP contribution in [0.1, 0.15) is 40.8 Å². The molecule has 7 heteroatoms. The van der Waals surface area contributed by atoms with Crippen molar-refractivity contribution in [1.29, 1.82) is 0 Å². The number of piperidine rings is 1. The molecule has 5 nitrogen and oxygen atoms in total. The first-order valence-corrected chi connectivity index (χ1v) is 7.84. The highest BCUT2D eigenvalue weighted by molar-refractivity contribution is 9.10. The second kappa shape index (κ2) is 5.42. The number of nitrogens with one attached hydrogen (secondary N) is 1. The van der Waals surface area contributed by atoms with Gasteiger partial charge in [-0.05, 0) is 35.2 Å². The second-order valence-electron chi connectivity index (χ2n) is 4.47. The second-order valence-corrected chi connectivity index (χ2v) is 6.25. The minimum absolute atomic E-state index is 0.00993. The third-order valence-electron chi connectivity index (χ3n) is 3.31. The Bertz CT molecular complexity index is 568. The summed E-state index contributed by atoms with van der Waals surface area (Å²) in [5.74, 6) is -0.00993. The molecule has 1 atom stereocenters. The van der Waals surface area contributed by atoms with Crippen molar-refractivity contribution in [2.24, 2.45) is 0 Å². The zero-order valence-electron chi connectivity index (χ0n) is 10.2. The fraction of sp³-hybridized carbons (Fsp3) is 0.417. The number of likely N-dealkylation sites (tertiary alicyclic amines) is 1. The fourth-order valence-corrected chi connectivity index (χ4v) is 3.54. The van der Waals surface area contributed by atoms with Crippen LogP contribution in [0.4, 0.5) is 0 Å². The van der Waals surface area contributed by atoms with E-state index in [0.29, 0.717) is 10.2 Å². The van der Waals surface area contributed by atoms with E-state index in [4.69, 9.17) is 0 Å². The van der Waals surface area contributed by atoms with E-state index in [-0.39, 0.29) is 11.9 Å². The van der Waals surface area contributed by atoms with Gasteiger partial charge < -0.3 is 4.90 Å². The Morgan fingerprint density at radius 3 is 3.11 bits per heavy atom. The maximum Gasteiger partial charge on any atom is 0.273 e. The number of hydrogen-bond acceptors (Lipinski definition) is 4. The van der Waals surface area contributed by atoms with Gasteiger partial charge in [-0.25, -0.2) is 4.98 Å². The molecule has 1 fully saturated rings. The van der Waals surface area contributed by atoms with Gasteiger partial charge in [0.1, 0.15) is 10.7 Å². The number of H-pyrrole nitrogens is 1. The van der Waals surface area contributed by atoms with E-state index in [1.807, 2.05) is 10.3 Å². The molecule has 19 heavy (non-hydrogen) atoms. The monoisotopic (exact) mass is 340 g/mol. The van der Waals surface area contributed by atoms with Gasteiger partial charge in [0.2, 0.25) is 0 Å². The van der Waals surface area contributed by atoms with E-state index >= 15 is 0 Å². The van der Waals surface area contributed by atoms with Crippen LogP contribution in [0.3, 0.4) is 0 Å². The lowest BCUT2D eigenvalue weighted by Crippen LogP contribution is -2.38. The molecule has 0 radical (unpaired) electrons. The highest BCUT2D eigenvalue weighted by Gasteiger charge is 2.31. The first-order chi connectivity index (χ1) is 9.27. The van der Waals surface area contributed by atoms with Crippen molar-refractivity contribution in [3.63, 3.8) is 0 Å². The number of rotatable bonds is 2. The molecule has 0 bridgehead atoms. The lowest BCUT2D eigenvalue weighted by Gasteiger charge is -2.34. The summed E-state index contributed by atoms with van der Waals surface area (Å²) in [5, 5.41) is 9.63.